The minimum atomic E-state index is 0. The molecular formula is C20H31BrIN5. The van der Waals surface area contributed by atoms with Crippen LogP contribution in [0.3, 0.4) is 0 Å². The number of hydrogen-bond donors (Lipinski definition) is 2. The van der Waals surface area contributed by atoms with Gasteiger partial charge in [0.25, 0.3) is 0 Å². The molecule has 1 aromatic carbocycles. The summed E-state index contributed by atoms with van der Waals surface area (Å²) in [4.78, 5) is 4.34. The molecule has 1 unspecified atom stereocenters. The summed E-state index contributed by atoms with van der Waals surface area (Å²) in [6.07, 6.45) is 3.05. The van der Waals surface area contributed by atoms with Crippen molar-refractivity contribution in [3.05, 3.63) is 51.3 Å². The van der Waals surface area contributed by atoms with Crippen LogP contribution >= 0.6 is 39.9 Å². The van der Waals surface area contributed by atoms with Crippen molar-refractivity contribution in [2.75, 3.05) is 13.6 Å². The molecule has 2 aromatic rings. The monoisotopic (exact) mass is 547 g/mol. The maximum Gasteiger partial charge on any atom is 0.191 e. The summed E-state index contributed by atoms with van der Waals surface area (Å²) in [6.45, 7) is 7.27. The Morgan fingerprint density at radius 2 is 2.07 bits per heavy atom. The molecule has 0 aliphatic rings. The molecule has 150 valence electrons. The third-order valence-electron chi connectivity index (χ3n) is 4.60. The topological polar surface area (TPSA) is 54.2 Å². The van der Waals surface area contributed by atoms with Gasteiger partial charge in [-0.05, 0) is 63.3 Å². The van der Waals surface area contributed by atoms with Crippen molar-refractivity contribution in [3.8, 4) is 0 Å². The van der Waals surface area contributed by atoms with E-state index in [1.165, 1.54) is 16.8 Å². The molecule has 1 aromatic heterocycles. The van der Waals surface area contributed by atoms with E-state index in [0.717, 1.165) is 41.9 Å². The number of aliphatic imine (C=N–C) groups is 1. The van der Waals surface area contributed by atoms with E-state index < -0.39 is 0 Å². The van der Waals surface area contributed by atoms with Crippen molar-refractivity contribution >= 4 is 45.9 Å². The molecule has 0 fully saturated rings. The normalized spacial score (nSPS) is 12.4. The van der Waals surface area contributed by atoms with Crippen LogP contribution in [0, 0.1) is 13.8 Å². The third-order valence-corrected chi connectivity index (χ3v) is 5.09. The zero-order valence-corrected chi connectivity index (χ0v) is 20.8. The maximum absolute atomic E-state index is 4.50. The number of aryl methyl sites for hydroxylation is 3. The molecule has 0 saturated carbocycles. The quantitative estimate of drug-likeness (QED) is 0.237. The number of rotatable bonds is 7. The second kappa shape index (κ2) is 11.7. The Morgan fingerprint density at radius 1 is 1.33 bits per heavy atom. The van der Waals surface area contributed by atoms with Crippen LogP contribution in [0.2, 0.25) is 0 Å². The molecule has 0 amide bonds. The van der Waals surface area contributed by atoms with E-state index in [1.54, 1.807) is 0 Å². The van der Waals surface area contributed by atoms with Crippen LogP contribution in [0.4, 0.5) is 0 Å². The fourth-order valence-corrected chi connectivity index (χ4v) is 3.54. The lowest BCUT2D eigenvalue weighted by Crippen LogP contribution is -2.43. The van der Waals surface area contributed by atoms with Crippen LogP contribution in [-0.4, -0.2) is 35.4 Å². The average molecular weight is 548 g/mol. The highest BCUT2D eigenvalue weighted by atomic mass is 127. The van der Waals surface area contributed by atoms with Crippen LogP contribution in [-0.2, 0) is 19.9 Å². The van der Waals surface area contributed by atoms with Gasteiger partial charge in [0.05, 0.1) is 5.69 Å². The molecule has 0 aliphatic heterocycles. The minimum Gasteiger partial charge on any atom is -0.356 e. The number of benzene rings is 1. The summed E-state index contributed by atoms with van der Waals surface area (Å²) in [5.74, 6) is 0.853. The van der Waals surface area contributed by atoms with Gasteiger partial charge in [-0.3, -0.25) is 9.67 Å². The number of nitrogens with one attached hydrogen (secondary N) is 2. The fourth-order valence-electron chi connectivity index (χ4n) is 3.09. The van der Waals surface area contributed by atoms with Crippen molar-refractivity contribution in [1.29, 1.82) is 0 Å². The summed E-state index contributed by atoms with van der Waals surface area (Å²) >= 11 is 3.52. The van der Waals surface area contributed by atoms with Gasteiger partial charge < -0.3 is 10.6 Å². The Bertz CT molecular complexity index is 757. The predicted molar refractivity (Wildman–Crippen MR) is 128 cm³/mol. The lowest BCUT2D eigenvalue weighted by molar-refractivity contribution is 0.631. The van der Waals surface area contributed by atoms with Gasteiger partial charge in [0.1, 0.15) is 0 Å². The van der Waals surface area contributed by atoms with Crippen LogP contribution < -0.4 is 10.6 Å². The van der Waals surface area contributed by atoms with Crippen LogP contribution in [0.1, 0.15) is 35.9 Å². The van der Waals surface area contributed by atoms with Gasteiger partial charge >= 0.3 is 0 Å². The zero-order valence-electron chi connectivity index (χ0n) is 16.8. The van der Waals surface area contributed by atoms with Crippen molar-refractivity contribution in [2.24, 2.45) is 12.0 Å². The van der Waals surface area contributed by atoms with Gasteiger partial charge in [-0.2, -0.15) is 5.10 Å². The molecule has 5 nitrogen and oxygen atoms in total. The molecule has 2 N–H and O–H groups in total. The highest BCUT2D eigenvalue weighted by molar-refractivity contribution is 14.0. The first-order valence-electron chi connectivity index (χ1n) is 9.11. The van der Waals surface area contributed by atoms with E-state index in [9.17, 15) is 0 Å². The Morgan fingerprint density at radius 3 is 2.67 bits per heavy atom. The van der Waals surface area contributed by atoms with E-state index in [-0.39, 0.29) is 30.0 Å². The number of guanidine groups is 1. The number of halogens is 2. The lowest BCUT2D eigenvalue weighted by Gasteiger charge is -2.18. The second-order valence-corrected chi connectivity index (χ2v) is 7.67. The lowest BCUT2D eigenvalue weighted by atomic mass is 10.1. The first-order valence-corrected chi connectivity index (χ1v) is 9.90. The van der Waals surface area contributed by atoms with Crippen LogP contribution in [0.25, 0.3) is 0 Å². The van der Waals surface area contributed by atoms with Gasteiger partial charge in [-0.25, -0.2) is 0 Å². The number of hydrogen-bond acceptors (Lipinski definition) is 2. The molecule has 1 heterocycles. The fraction of sp³-hybridized carbons (Fsp3) is 0.500. The highest BCUT2D eigenvalue weighted by Crippen LogP contribution is 2.14. The van der Waals surface area contributed by atoms with E-state index >= 15 is 0 Å². The first-order chi connectivity index (χ1) is 12.4. The molecule has 0 spiro atoms. The van der Waals surface area contributed by atoms with Gasteiger partial charge in [-0.15, -0.1) is 24.0 Å². The molecule has 27 heavy (non-hydrogen) atoms. The standard InChI is InChI=1S/C20H30BrN5.HI/c1-14(12-19-15(2)25-26(5)16(19)3)24-20(22-4)23-11-7-9-17-8-6-10-18(21)13-17;/h6,8,10,13-14H,7,9,11-12H2,1-5H3,(H2,22,23,24);1H. The Hall–Kier alpha value is -1.09. The van der Waals surface area contributed by atoms with E-state index in [4.69, 9.17) is 0 Å². The molecule has 0 radical (unpaired) electrons. The Balaban J connectivity index is 0.00000364. The SMILES string of the molecule is CN=C(NCCCc1cccc(Br)c1)NC(C)Cc1c(C)nn(C)c1C.I. The highest BCUT2D eigenvalue weighted by Gasteiger charge is 2.13. The van der Waals surface area contributed by atoms with Crippen LogP contribution in [0.15, 0.2) is 33.7 Å². The van der Waals surface area contributed by atoms with E-state index in [2.05, 4.69) is 81.7 Å². The third kappa shape index (κ3) is 7.44. The van der Waals surface area contributed by atoms with Gasteiger partial charge in [0.2, 0.25) is 0 Å². The number of aromatic nitrogens is 2. The molecule has 0 saturated heterocycles. The summed E-state index contributed by atoms with van der Waals surface area (Å²) in [5, 5.41) is 11.4. The van der Waals surface area contributed by atoms with Crippen molar-refractivity contribution in [3.63, 3.8) is 0 Å². The zero-order chi connectivity index (χ0) is 19.1. The smallest absolute Gasteiger partial charge is 0.191 e. The average Bonchev–Trinajstić information content (AvgIpc) is 2.84. The van der Waals surface area contributed by atoms with Gasteiger partial charge in [0.15, 0.2) is 5.96 Å². The predicted octanol–water partition coefficient (Wildman–Crippen LogP) is 4.15. The largest absolute Gasteiger partial charge is 0.356 e. The van der Waals surface area contributed by atoms with E-state index in [0.29, 0.717) is 0 Å². The van der Waals surface area contributed by atoms with Crippen molar-refractivity contribution in [1.82, 2.24) is 20.4 Å². The van der Waals surface area contributed by atoms with Gasteiger partial charge in [-0.1, -0.05) is 28.1 Å². The molecule has 2 rings (SSSR count). The summed E-state index contributed by atoms with van der Waals surface area (Å²) < 4.78 is 3.09. The summed E-state index contributed by atoms with van der Waals surface area (Å²) in [6, 6.07) is 8.76. The Labute approximate surface area is 188 Å². The van der Waals surface area contributed by atoms with E-state index in [1.807, 2.05) is 18.8 Å². The van der Waals surface area contributed by atoms with Crippen LogP contribution in [0.5, 0.6) is 0 Å². The van der Waals surface area contributed by atoms with Gasteiger partial charge in [0, 0.05) is 36.8 Å². The van der Waals surface area contributed by atoms with Crippen molar-refractivity contribution in [2.45, 2.75) is 46.1 Å². The summed E-state index contributed by atoms with van der Waals surface area (Å²) in [5.41, 5.74) is 5.00. The first kappa shape index (κ1) is 23.9. The molecule has 0 bridgehead atoms. The summed E-state index contributed by atoms with van der Waals surface area (Å²) in [7, 11) is 3.81. The Kier molecular flexibility index (Phi) is 10.4. The molecular weight excluding hydrogens is 517 g/mol. The second-order valence-electron chi connectivity index (χ2n) is 6.75. The maximum atomic E-state index is 4.50. The minimum absolute atomic E-state index is 0. The molecule has 0 aliphatic carbocycles. The van der Waals surface area contributed by atoms with Crippen molar-refractivity contribution < 1.29 is 0 Å². The molecule has 1 atom stereocenters. The molecule has 7 heteroatoms. The number of nitrogens with zero attached hydrogens (tertiary/aromatic N) is 3.